The maximum absolute atomic E-state index is 11.7. The normalized spacial score (nSPS) is 10.1. The molecular formula is C15H16BrN3O3. The molecule has 0 N–H and O–H groups in total. The topological polar surface area (TPSA) is 64.6 Å². The maximum atomic E-state index is 11.7. The molecule has 1 heterocycles. The van der Waals surface area contributed by atoms with E-state index in [1.165, 1.54) is 0 Å². The van der Waals surface area contributed by atoms with Gasteiger partial charge in [0.25, 0.3) is 0 Å². The number of nitrogens with zero attached hydrogens (tertiary/aromatic N) is 3. The number of benzene rings is 1. The number of likely N-dealkylation sites (N-methyl/N-ethyl adjacent to an activating group) is 1. The number of hydrogen-bond acceptors (Lipinski definition) is 6. The zero-order chi connectivity index (χ0) is 15.8. The molecule has 0 aliphatic heterocycles. The Kier molecular flexibility index (Phi) is 6.14. The smallest absolute Gasteiger partial charge is 0.325 e. The van der Waals surface area contributed by atoms with E-state index in [9.17, 15) is 4.79 Å². The van der Waals surface area contributed by atoms with Crippen molar-refractivity contribution >= 4 is 27.8 Å². The fourth-order valence-corrected chi connectivity index (χ4v) is 1.91. The van der Waals surface area contributed by atoms with E-state index < -0.39 is 0 Å². The van der Waals surface area contributed by atoms with Crippen molar-refractivity contribution in [3.8, 4) is 5.75 Å². The molecule has 0 aliphatic rings. The van der Waals surface area contributed by atoms with E-state index in [2.05, 4.69) is 25.9 Å². The van der Waals surface area contributed by atoms with Gasteiger partial charge in [0, 0.05) is 23.9 Å². The van der Waals surface area contributed by atoms with Crippen molar-refractivity contribution in [3.05, 3.63) is 47.2 Å². The fourth-order valence-electron chi connectivity index (χ4n) is 1.64. The van der Waals surface area contributed by atoms with Crippen molar-refractivity contribution in [3.63, 3.8) is 0 Å². The lowest BCUT2D eigenvalue weighted by atomic mass is 10.3. The third kappa shape index (κ3) is 5.33. The second-order valence-electron chi connectivity index (χ2n) is 4.43. The minimum absolute atomic E-state index is 0.0856. The monoisotopic (exact) mass is 365 g/mol. The van der Waals surface area contributed by atoms with Crippen LogP contribution >= 0.6 is 15.9 Å². The van der Waals surface area contributed by atoms with E-state index in [-0.39, 0.29) is 19.1 Å². The van der Waals surface area contributed by atoms with Crippen molar-refractivity contribution in [2.45, 2.75) is 0 Å². The molecule has 0 atom stereocenters. The summed E-state index contributed by atoms with van der Waals surface area (Å²) in [5.74, 6) is 0.856. The second kappa shape index (κ2) is 8.33. The number of esters is 1. The van der Waals surface area contributed by atoms with Crippen LogP contribution in [0.3, 0.4) is 0 Å². The molecule has 0 fully saturated rings. The maximum Gasteiger partial charge on any atom is 0.325 e. The largest absolute Gasteiger partial charge is 0.490 e. The summed E-state index contributed by atoms with van der Waals surface area (Å²) in [5.41, 5.74) is 0. The minimum atomic E-state index is -0.352. The predicted octanol–water partition coefficient (Wildman–Crippen LogP) is 2.30. The van der Waals surface area contributed by atoms with Crippen molar-refractivity contribution in [1.29, 1.82) is 0 Å². The van der Waals surface area contributed by atoms with Crippen LogP contribution in [-0.4, -0.2) is 42.7 Å². The van der Waals surface area contributed by atoms with Gasteiger partial charge < -0.3 is 14.4 Å². The average Bonchev–Trinajstić information content (AvgIpc) is 2.54. The Morgan fingerprint density at radius 3 is 2.55 bits per heavy atom. The molecule has 2 rings (SSSR count). The Morgan fingerprint density at radius 2 is 1.86 bits per heavy atom. The van der Waals surface area contributed by atoms with Crippen LogP contribution in [-0.2, 0) is 9.53 Å². The molecule has 6 nitrogen and oxygen atoms in total. The van der Waals surface area contributed by atoms with Gasteiger partial charge in [-0.05, 0) is 30.3 Å². The highest BCUT2D eigenvalue weighted by molar-refractivity contribution is 9.10. The molecule has 1 aromatic heterocycles. The van der Waals surface area contributed by atoms with Crippen molar-refractivity contribution < 1.29 is 14.3 Å². The summed E-state index contributed by atoms with van der Waals surface area (Å²) in [6, 6.07) is 9.17. The molecular weight excluding hydrogens is 350 g/mol. The zero-order valence-corrected chi connectivity index (χ0v) is 13.7. The van der Waals surface area contributed by atoms with Crippen LogP contribution in [0, 0.1) is 0 Å². The molecule has 0 aliphatic carbocycles. The summed E-state index contributed by atoms with van der Waals surface area (Å²) in [4.78, 5) is 21.4. The Bertz CT molecular complexity index is 593. The van der Waals surface area contributed by atoms with Gasteiger partial charge >= 0.3 is 5.97 Å². The van der Waals surface area contributed by atoms with Gasteiger partial charge in [-0.15, -0.1) is 0 Å². The van der Waals surface area contributed by atoms with E-state index in [4.69, 9.17) is 9.47 Å². The zero-order valence-electron chi connectivity index (χ0n) is 12.1. The Labute approximate surface area is 137 Å². The van der Waals surface area contributed by atoms with Gasteiger partial charge in [0.05, 0.1) is 0 Å². The summed E-state index contributed by atoms with van der Waals surface area (Å²) in [6.07, 6.45) is 3.24. The van der Waals surface area contributed by atoms with Crippen LogP contribution in [0.15, 0.2) is 47.2 Å². The van der Waals surface area contributed by atoms with Gasteiger partial charge in [-0.1, -0.05) is 15.9 Å². The first-order chi connectivity index (χ1) is 10.6. The number of halogens is 1. The first kappa shape index (κ1) is 16.2. The number of rotatable bonds is 7. The van der Waals surface area contributed by atoms with Gasteiger partial charge in [0.2, 0.25) is 5.95 Å². The van der Waals surface area contributed by atoms with Crippen LogP contribution in [0.4, 0.5) is 5.95 Å². The van der Waals surface area contributed by atoms with Crippen LogP contribution < -0.4 is 9.64 Å². The standard InChI is InChI=1S/C15H16BrN3O3/c1-19(15-17-7-2-8-18-15)11-14(20)22-10-9-21-13-5-3-12(16)4-6-13/h2-8H,9-11H2,1H3. The van der Waals surface area contributed by atoms with Gasteiger partial charge in [-0.3, -0.25) is 4.79 Å². The summed E-state index contributed by atoms with van der Waals surface area (Å²) in [6.45, 7) is 0.583. The first-order valence-corrected chi connectivity index (χ1v) is 7.46. The molecule has 0 saturated heterocycles. The van der Waals surface area contributed by atoms with Crippen molar-refractivity contribution in [2.24, 2.45) is 0 Å². The predicted molar refractivity (Wildman–Crippen MR) is 85.9 cm³/mol. The molecule has 0 amide bonds. The van der Waals surface area contributed by atoms with Crippen molar-refractivity contribution in [2.75, 3.05) is 31.7 Å². The molecule has 0 radical (unpaired) electrons. The molecule has 0 unspecified atom stereocenters. The first-order valence-electron chi connectivity index (χ1n) is 6.67. The summed E-state index contributed by atoms with van der Waals surface area (Å²) in [5, 5.41) is 0. The van der Waals surface area contributed by atoms with E-state index >= 15 is 0 Å². The Morgan fingerprint density at radius 1 is 1.18 bits per heavy atom. The molecule has 0 bridgehead atoms. The van der Waals surface area contributed by atoms with Crippen LogP contribution in [0.25, 0.3) is 0 Å². The van der Waals surface area contributed by atoms with Crippen LogP contribution in [0.5, 0.6) is 5.75 Å². The summed E-state index contributed by atoms with van der Waals surface area (Å²) >= 11 is 3.35. The number of carbonyl (C=O) groups excluding carboxylic acids is 1. The van der Waals surface area contributed by atoms with E-state index in [0.29, 0.717) is 12.6 Å². The lowest BCUT2D eigenvalue weighted by molar-refractivity contribution is -0.142. The molecule has 7 heteroatoms. The average molecular weight is 366 g/mol. The minimum Gasteiger partial charge on any atom is -0.490 e. The third-order valence-electron chi connectivity index (χ3n) is 2.69. The summed E-state index contributed by atoms with van der Waals surface area (Å²) < 4.78 is 11.6. The van der Waals surface area contributed by atoms with Gasteiger partial charge in [0.1, 0.15) is 25.5 Å². The SMILES string of the molecule is CN(CC(=O)OCCOc1ccc(Br)cc1)c1ncccn1. The van der Waals surface area contributed by atoms with E-state index in [0.717, 1.165) is 10.2 Å². The molecule has 0 spiro atoms. The molecule has 22 heavy (non-hydrogen) atoms. The lowest BCUT2D eigenvalue weighted by Crippen LogP contribution is -2.29. The second-order valence-corrected chi connectivity index (χ2v) is 5.34. The number of ether oxygens (including phenoxy) is 2. The molecule has 0 saturated carbocycles. The highest BCUT2D eigenvalue weighted by Crippen LogP contribution is 2.15. The number of carbonyl (C=O) groups is 1. The van der Waals surface area contributed by atoms with E-state index in [1.807, 2.05) is 24.3 Å². The number of aromatic nitrogens is 2. The van der Waals surface area contributed by atoms with Gasteiger partial charge in [0.15, 0.2) is 0 Å². The Balaban J connectivity index is 1.66. The summed E-state index contributed by atoms with van der Waals surface area (Å²) in [7, 11) is 1.73. The third-order valence-corrected chi connectivity index (χ3v) is 3.22. The number of hydrogen-bond donors (Lipinski definition) is 0. The Hall–Kier alpha value is -2.15. The highest BCUT2D eigenvalue weighted by atomic mass is 79.9. The van der Waals surface area contributed by atoms with E-state index in [1.54, 1.807) is 30.4 Å². The van der Waals surface area contributed by atoms with Gasteiger partial charge in [-0.25, -0.2) is 9.97 Å². The van der Waals surface area contributed by atoms with Gasteiger partial charge in [-0.2, -0.15) is 0 Å². The lowest BCUT2D eigenvalue weighted by Gasteiger charge is -2.15. The quantitative estimate of drug-likeness (QED) is 0.554. The molecule has 116 valence electrons. The molecule has 1 aromatic carbocycles. The van der Waals surface area contributed by atoms with Crippen LogP contribution in [0.1, 0.15) is 0 Å². The fraction of sp³-hybridized carbons (Fsp3) is 0.267. The van der Waals surface area contributed by atoms with Crippen molar-refractivity contribution in [1.82, 2.24) is 9.97 Å². The highest BCUT2D eigenvalue weighted by Gasteiger charge is 2.10. The van der Waals surface area contributed by atoms with Crippen LogP contribution in [0.2, 0.25) is 0 Å². The number of anilines is 1. The molecule has 2 aromatic rings.